The van der Waals surface area contributed by atoms with Crippen LogP contribution in [0, 0.1) is 22.0 Å². The SMILES string of the molecule is CCC(NC(=O)CC(C)C1CCNCC1)c1cccc([N+](=O)[O-])c1.Cl. The van der Waals surface area contributed by atoms with E-state index in [9.17, 15) is 14.9 Å². The van der Waals surface area contributed by atoms with Gasteiger partial charge in [0.25, 0.3) is 5.69 Å². The van der Waals surface area contributed by atoms with E-state index in [2.05, 4.69) is 17.6 Å². The molecule has 1 saturated heterocycles. The fourth-order valence-corrected chi connectivity index (χ4v) is 3.40. The zero-order valence-electron chi connectivity index (χ0n) is 14.9. The van der Waals surface area contributed by atoms with Gasteiger partial charge in [0.15, 0.2) is 0 Å². The molecule has 1 fully saturated rings. The van der Waals surface area contributed by atoms with E-state index in [0.717, 1.165) is 31.5 Å². The van der Waals surface area contributed by atoms with Gasteiger partial charge in [0.2, 0.25) is 5.91 Å². The van der Waals surface area contributed by atoms with Gasteiger partial charge in [-0.2, -0.15) is 0 Å². The number of halogens is 1. The number of amides is 1. The highest BCUT2D eigenvalue weighted by molar-refractivity contribution is 5.85. The van der Waals surface area contributed by atoms with Gasteiger partial charge in [-0.1, -0.05) is 26.0 Å². The molecule has 0 spiro atoms. The minimum atomic E-state index is -0.406. The van der Waals surface area contributed by atoms with E-state index in [4.69, 9.17) is 0 Å². The third kappa shape index (κ3) is 6.29. The van der Waals surface area contributed by atoms with Crippen molar-refractivity contribution in [3.8, 4) is 0 Å². The van der Waals surface area contributed by atoms with Gasteiger partial charge >= 0.3 is 0 Å². The maximum atomic E-state index is 12.4. The van der Waals surface area contributed by atoms with Crippen LogP contribution in [0.2, 0.25) is 0 Å². The molecule has 2 rings (SSSR count). The summed E-state index contributed by atoms with van der Waals surface area (Å²) in [6.45, 7) is 6.17. The molecule has 0 saturated carbocycles. The Morgan fingerprint density at radius 3 is 2.68 bits per heavy atom. The number of nitrogens with zero attached hydrogens (tertiary/aromatic N) is 1. The van der Waals surface area contributed by atoms with Crippen molar-refractivity contribution in [1.82, 2.24) is 10.6 Å². The lowest BCUT2D eigenvalue weighted by molar-refractivity contribution is -0.384. The molecule has 0 radical (unpaired) electrons. The van der Waals surface area contributed by atoms with E-state index < -0.39 is 4.92 Å². The van der Waals surface area contributed by atoms with Gasteiger partial charge in [-0.05, 0) is 49.8 Å². The van der Waals surface area contributed by atoms with Crippen LogP contribution >= 0.6 is 12.4 Å². The van der Waals surface area contributed by atoms with Crippen LogP contribution in [0.25, 0.3) is 0 Å². The van der Waals surface area contributed by atoms with Crippen LogP contribution in [-0.4, -0.2) is 23.9 Å². The summed E-state index contributed by atoms with van der Waals surface area (Å²) in [5, 5.41) is 17.3. The van der Waals surface area contributed by atoms with Crippen molar-refractivity contribution < 1.29 is 9.72 Å². The van der Waals surface area contributed by atoms with E-state index in [1.54, 1.807) is 12.1 Å². The summed E-state index contributed by atoms with van der Waals surface area (Å²) >= 11 is 0. The summed E-state index contributed by atoms with van der Waals surface area (Å²) in [6, 6.07) is 6.33. The molecule has 2 atom stereocenters. The normalized spacial score (nSPS) is 17.2. The Labute approximate surface area is 155 Å². The molecule has 0 aromatic heterocycles. The zero-order valence-corrected chi connectivity index (χ0v) is 15.7. The Morgan fingerprint density at radius 1 is 1.40 bits per heavy atom. The van der Waals surface area contributed by atoms with Gasteiger partial charge in [-0.3, -0.25) is 14.9 Å². The van der Waals surface area contributed by atoms with Crippen LogP contribution in [0.1, 0.15) is 51.1 Å². The molecule has 1 aromatic rings. The maximum absolute atomic E-state index is 12.4. The van der Waals surface area contributed by atoms with E-state index >= 15 is 0 Å². The molecule has 1 aliphatic rings. The number of nitro groups is 1. The molecule has 2 unspecified atom stereocenters. The number of non-ortho nitro benzene ring substituents is 1. The first-order chi connectivity index (χ1) is 11.5. The maximum Gasteiger partial charge on any atom is 0.269 e. The van der Waals surface area contributed by atoms with E-state index in [1.165, 1.54) is 6.07 Å². The summed E-state index contributed by atoms with van der Waals surface area (Å²) < 4.78 is 0. The number of hydrogen-bond donors (Lipinski definition) is 2. The minimum absolute atomic E-state index is 0. The highest BCUT2D eigenvalue weighted by Crippen LogP contribution is 2.26. The molecule has 0 bridgehead atoms. The Hall–Kier alpha value is -1.66. The number of nitrogens with one attached hydrogen (secondary N) is 2. The number of rotatable bonds is 7. The van der Waals surface area contributed by atoms with Crippen molar-refractivity contribution in [1.29, 1.82) is 0 Å². The quantitative estimate of drug-likeness (QED) is 0.568. The predicted octanol–water partition coefficient (Wildman–Crippen LogP) is 3.61. The molecule has 1 aromatic carbocycles. The monoisotopic (exact) mass is 369 g/mol. The van der Waals surface area contributed by atoms with Crippen molar-refractivity contribution in [2.24, 2.45) is 11.8 Å². The van der Waals surface area contributed by atoms with Gasteiger partial charge in [0.1, 0.15) is 0 Å². The van der Waals surface area contributed by atoms with E-state index in [1.807, 2.05) is 13.0 Å². The van der Waals surface area contributed by atoms with Crippen LogP contribution in [0.3, 0.4) is 0 Å². The van der Waals surface area contributed by atoms with Gasteiger partial charge in [0, 0.05) is 18.6 Å². The Balaban J connectivity index is 0.00000312. The largest absolute Gasteiger partial charge is 0.349 e. The molecule has 7 heteroatoms. The number of benzene rings is 1. The number of carbonyl (C=O) groups excluding carboxylic acids is 1. The second-order valence-electron chi connectivity index (χ2n) is 6.65. The second-order valence-corrected chi connectivity index (χ2v) is 6.65. The highest BCUT2D eigenvalue weighted by atomic mass is 35.5. The smallest absolute Gasteiger partial charge is 0.269 e. The summed E-state index contributed by atoms with van der Waals surface area (Å²) in [5.41, 5.74) is 0.845. The molecular formula is C18H28ClN3O3. The lowest BCUT2D eigenvalue weighted by Gasteiger charge is -2.28. The third-order valence-electron chi connectivity index (χ3n) is 4.92. The van der Waals surface area contributed by atoms with Crippen molar-refractivity contribution >= 4 is 24.0 Å². The van der Waals surface area contributed by atoms with Crippen LogP contribution in [0.5, 0.6) is 0 Å². The van der Waals surface area contributed by atoms with Crippen molar-refractivity contribution in [3.63, 3.8) is 0 Å². The lowest BCUT2D eigenvalue weighted by atomic mass is 9.84. The first-order valence-electron chi connectivity index (χ1n) is 8.75. The topological polar surface area (TPSA) is 84.3 Å². The van der Waals surface area contributed by atoms with E-state index in [0.29, 0.717) is 24.7 Å². The molecule has 0 aliphatic carbocycles. The molecule has 25 heavy (non-hydrogen) atoms. The molecule has 1 amide bonds. The highest BCUT2D eigenvalue weighted by Gasteiger charge is 2.23. The van der Waals surface area contributed by atoms with Crippen LogP contribution in [-0.2, 0) is 4.79 Å². The van der Waals surface area contributed by atoms with Crippen molar-refractivity contribution in [2.75, 3.05) is 13.1 Å². The average Bonchev–Trinajstić information content (AvgIpc) is 2.60. The predicted molar refractivity (Wildman–Crippen MR) is 101 cm³/mol. The zero-order chi connectivity index (χ0) is 17.5. The molecular weight excluding hydrogens is 342 g/mol. The number of piperidine rings is 1. The van der Waals surface area contributed by atoms with Crippen LogP contribution in [0.4, 0.5) is 5.69 Å². The van der Waals surface area contributed by atoms with Crippen molar-refractivity contribution in [2.45, 2.75) is 45.6 Å². The third-order valence-corrected chi connectivity index (χ3v) is 4.92. The molecule has 140 valence electrons. The summed E-state index contributed by atoms with van der Waals surface area (Å²) in [5.74, 6) is 0.976. The van der Waals surface area contributed by atoms with Gasteiger partial charge < -0.3 is 10.6 Å². The van der Waals surface area contributed by atoms with Crippen LogP contribution < -0.4 is 10.6 Å². The Kier molecular flexibility index (Phi) is 8.86. The van der Waals surface area contributed by atoms with E-state index in [-0.39, 0.29) is 30.0 Å². The van der Waals surface area contributed by atoms with Gasteiger partial charge in [-0.15, -0.1) is 12.4 Å². The summed E-state index contributed by atoms with van der Waals surface area (Å²) in [4.78, 5) is 22.9. The standard InChI is InChI=1S/C18H27N3O3.ClH/c1-3-17(15-5-4-6-16(12-15)21(23)24)20-18(22)11-13(2)14-7-9-19-10-8-14;/h4-6,12-14,17,19H,3,7-11H2,1-2H3,(H,20,22);1H. The minimum Gasteiger partial charge on any atom is -0.349 e. The molecule has 2 N–H and O–H groups in total. The number of hydrogen-bond acceptors (Lipinski definition) is 4. The van der Waals surface area contributed by atoms with Gasteiger partial charge in [-0.25, -0.2) is 0 Å². The summed E-state index contributed by atoms with van der Waals surface area (Å²) in [6.07, 6.45) is 3.46. The summed E-state index contributed by atoms with van der Waals surface area (Å²) in [7, 11) is 0. The first-order valence-corrected chi connectivity index (χ1v) is 8.75. The molecule has 1 heterocycles. The average molecular weight is 370 g/mol. The fraction of sp³-hybridized carbons (Fsp3) is 0.611. The molecule has 6 nitrogen and oxygen atoms in total. The van der Waals surface area contributed by atoms with Gasteiger partial charge in [0.05, 0.1) is 11.0 Å². The number of nitro benzene ring substituents is 1. The molecule has 1 aliphatic heterocycles. The Bertz CT molecular complexity index is 576. The lowest BCUT2D eigenvalue weighted by Crippen LogP contribution is -2.34. The Morgan fingerprint density at radius 2 is 2.08 bits per heavy atom. The van der Waals surface area contributed by atoms with Crippen molar-refractivity contribution in [3.05, 3.63) is 39.9 Å². The van der Waals surface area contributed by atoms with Crippen LogP contribution in [0.15, 0.2) is 24.3 Å². The second kappa shape index (κ2) is 10.4. The number of carbonyl (C=O) groups is 1. The first kappa shape index (κ1) is 21.4. The fourth-order valence-electron chi connectivity index (χ4n) is 3.40.